The zero-order valence-corrected chi connectivity index (χ0v) is 12.0. The molecule has 2 aromatic rings. The molecule has 1 aromatic heterocycles. The van der Waals surface area contributed by atoms with E-state index in [9.17, 15) is 0 Å². The molecule has 1 N–H and O–H groups in total. The fourth-order valence-corrected chi connectivity index (χ4v) is 2.79. The molecule has 0 spiro atoms. The van der Waals surface area contributed by atoms with Gasteiger partial charge < -0.3 is 10.1 Å². The Morgan fingerprint density at radius 2 is 2.05 bits per heavy atom. The number of benzene rings is 1. The molecule has 0 atom stereocenters. The third kappa shape index (κ3) is 2.93. The average molecular weight is 320 g/mol. The summed E-state index contributed by atoms with van der Waals surface area (Å²) >= 11 is 3.55. The SMILES string of the molecule is Brc1cc2c(c(CNCc3cncnc3)c1)OCC2. The summed E-state index contributed by atoms with van der Waals surface area (Å²) in [7, 11) is 0. The molecule has 0 radical (unpaired) electrons. The molecule has 0 aliphatic carbocycles. The second-order valence-electron chi connectivity index (χ2n) is 4.50. The van der Waals surface area contributed by atoms with Crippen molar-refractivity contribution in [3.05, 3.63) is 52.0 Å². The lowest BCUT2D eigenvalue weighted by Gasteiger charge is -2.10. The highest BCUT2D eigenvalue weighted by molar-refractivity contribution is 9.10. The number of nitrogens with one attached hydrogen (secondary N) is 1. The van der Waals surface area contributed by atoms with E-state index in [0.29, 0.717) is 0 Å². The van der Waals surface area contributed by atoms with Gasteiger partial charge in [0.05, 0.1) is 6.61 Å². The van der Waals surface area contributed by atoms with E-state index in [-0.39, 0.29) is 0 Å². The quantitative estimate of drug-likeness (QED) is 0.940. The minimum Gasteiger partial charge on any atom is -0.493 e. The Balaban J connectivity index is 1.67. The molecular weight excluding hydrogens is 306 g/mol. The van der Waals surface area contributed by atoms with Crippen LogP contribution in [0.2, 0.25) is 0 Å². The summed E-state index contributed by atoms with van der Waals surface area (Å²) in [5, 5.41) is 3.39. The molecule has 1 aromatic carbocycles. The standard InChI is InChI=1S/C14H14BrN3O/c15-13-3-11-1-2-19-14(11)12(4-13)8-16-5-10-6-17-9-18-7-10/h3-4,6-7,9,16H,1-2,5,8H2. The monoisotopic (exact) mass is 319 g/mol. The molecule has 0 bridgehead atoms. The molecule has 4 nitrogen and oxygen atoms in total. The van der Waals surface area contributed by atoms with Crippen molar-refractivity contribution in [1.29, 1.82) is 0 Å². The first-order valence-corrected chi connectivity index (χ1v) is 7.01. The second kappa shape index (κ2) is 5.67. The van der Waals surface area contributed by atoms with E-state index in [1.54, 1.807) is 6.33 Å². The average Bonchev–Trinajstić information content (AvgIpc) is 2.88. The molecule has 19 heavy (non-hydrogen) atoms. The lowest BCUT2D eigenvalue weighted by molar-refractivity contribution is 0.352. The topological polar surface area (TPSA) is 47.0 Å². The lowest BCUT2D eigenvalue weighted by atomic mass is 10.1. The van der Waals surface area contributed by atoms with Crippen LogP contribution < -0.4 is 10.1 Å². The van der Waals surface area contributed by atoms with Crippen LogP contribution in [0.15, 0.2) is 35.3 Å². The number of rotatable bonds is 4. The van der Waals surface area contributed by atoms with Crippen molar-refractivity contribution in [2.45, 2.75) is 19.5 Å². The highest BCUT2D eigenvalue weighted by Gasteiger charge is 2.16. The number of hydrogen-bond donors (Lipinski definition) is 1. The van der Waals surface area contributed by atoms with Gasteiger partial charge in [0, 0.05) is 47.5 Å². The maximum absolute atomic E-state index is 5.70. The van der Waals surface area contributed by atoms with Crippen LogP contribution in [-0.4, -0.2) is 16.6 Å². The summed E-state index contributed by atoms with van der Waals surface area (Å²) in [4.78, 5) is 8.00. The Bertz CT molecular complexity index is 574. The van der Waals surface area contributed by atoms with E-state index < -0.39 is 0 Å². The van der Waals surface area contributed by atoms with Crippen LogP contribution in [0.3, 0.4) is 0 Å². The van der Waals surface area contributed by atoms with Crippen molar-refractivity contribution in [2.24, 2.45) is 0 Å². The van der Waals surface area contributed by atoms with Gasteiger partial charge in [-0.15, -0.1) is 0 Å². The van der Waals surface area contributed by atoms with Crippen LogP contribution in [0.1, 0.15) is 16.7 Å². The first-order valence-electron chi connectivity index (χ1n) is 6.21. The van der Waals surface area contributed by atoms with Gasteiger partial charge in [0.2, 0.25) is 0 Å². The van der Waals surface area contributed by atoms with Crippen LogP contribution >= 0.6 is 15.9 Å². The molecule has 0 amide bonds. The van der Waals surface area contributed by atoms with Crippen molar-refractivity contribution >= 4 is 15.9 Å². The fourth-order valence-electron chi connectivity index (χ4n) is 2.24. The molecule has 5 heteroatoms. The molecule has 0 unspecified atom stereocenters. The number of nitrogens with zero attached hydrogens (tertiary/aromatic N) is 2. The third-order valence-electron chi connectivity index (χ3n) is 3.08. The van der Waals surface area contributed by atoms with Crippen molar-refractivity contribution in [3.8, 4) is 5.75 Å². The van der Waals surface area contributed by atoms with Crippen molar-refractivity contribution in [2.75, 3.05) is 6.61 Å². The van der Waals surface area contributed by atoms with Gasteiger partial charge in [-0.3, -0.25) is 0 Å². The minimum absolute atomic E-state index is 0.752. The van der Waals surface area contributed by atoms with Gasteiger partial charge >= 0.3 is 0 Å². The Morgan fingerprint density at radius 3 is 2.89 bits per heavy atom. The van der Waals surface area contributed by atoms with Gasteiger partial charge in [-0.1, -0.05) is 15.9 Å². The van der Waals surface area contributed by atoms with Crippen LogP contribution in [0.4, 0.5) is 0 Å². The van der Waals surface area contributed by atoms with E-state index in [2.05, 4.69) is 43.3 Å². The summed E-state index contributed by atoms with van der Waals surface area (Å²) in [6.07, 6.45) is 6.18. The Morgan fingerprint density at radius 1 is 1.21 bits per heavy atom. The zero-order valence-electron chi connectivity index (χ0n) is 10.4. The molecule has 0 fully saturated rings. The molecule has 1 aliphatic rings. The summed E-state index contributed by atoms with van der Waals surface area (Å²) in [6, 6.07) is 4.25. The smallest absolute Gasteiger partial charge is 0.127 e. The number of ether oxygens (including phenoxy) is 1. The summed E-state index contributed by atoms with van der Waals surface area (Å²) in [5.41, 5.74) is 3.56. The van der Waals surface area contributed by atoms with Crippen LogP contribution in [0, 0.1) is 0 Å². The summed E-state index contributed by atoms with van der Waals surface area (Å²) < 4.78 is 6.81. The lowest BCUT2D eigenvalue weighted by Crippen LogP contribution is -2.13. The van der Waals surface area contributed by atoms with E-state index in [4.69, 9.17) is 4.74 Å². The highest BCUT2D eigenvalue weighted by Crippen LogP contribution is 2.32. The Labute approximate surface area is 120 Å². The first-order chi connectivity index (χ1) is 9.33. The molecule has 2 heterocycles. The number of fused-ring (bicyclic) bond motifs is 1. The zero-order chi connectivity index (χ0) is 13.1. The second-order valence-corrected chi connectivity index (χ2v) is 5.42. The highest BCUT2D eigenvalue weighted by atomic mass is 79.9. The van der Waals surface area contributed by atoms with Gasteiger partial charge in [0.25, 0.3) is 0 Å². The molecular formula is C14H14BrN3O. The Kier molecular flexibility index (Phi) is 3.75. The summed E-state index contributed by atoms with van der Waals surface area (Å²) in [6.45, 7) is 2.31. The van der Waals surface area contributed by atoms with Crippen molar-refractivity contribution < 1.29 is 4.74 Å². The van der Waals surface area contributed by atoms with Gasteiger partial charge in [0.1, 0.15) is 12.1 Å². The largest absolute Gasteiger partial charge is 0.493 e. The Hall–Kier alpha value is -1.46. The molecule has 0 saturated carbocycles. The molecule has 98 valence electrons. The van der Waals surface area contributed by atoms with E-state index in [0.717, 1.165) is 41.9 Å². The maximum atomic E-state index is 5.70. The van der Waals surface area contributed by atoms with Gasteiger partial charge in [0.15, 0.2) is 0 Å². The van der Waals surface area contributed by atoms with Crippen LogP contribution in [0.5, 0.6) is 5.75 Å². The van der Waals surface area contributed by atoms with Gasteiger partial charge in [-0.2, -0.15) is 0 Å². The van der Waals surface area contributed by atoms with Gasteiger partial charge in [-0.25, -0.2) is 9.97 Å². The summed E-state index contributed by atoms with van der Waals surface area (Å²) in [5.74, 6) is 1.04. The van der Waals surface area contributed by atoms with E-state index >= 15 is 0 Å². The van der Waals surface area contributed by atoms with E-state index in [1.807, 2.05) is 12.4 Å². The van der Waals surface area contributed by atoms with Crippen LogP contribution in [-0.2, 0) is 19.5 Å². The number of aromatic nitrogens is 2. The molecule has 3 rings (SSSR count). The predicted molar refractivity (Wildman–Crippen MR) is 75.9 cm³/mol. The first kappa shape index (κ1) is 12.6. The fraction of sp³-hybridized carbons (Fsp3) is 0.286. The predicted octanol–water partition coefficient (Wildman–Crippen LogP) is 2.46. The van der Waals surface area contributed by atoms with Crippen molar-refractivity contribution in [1.82, 2.24) is 15.3 Å². The van der Waals surface area contributed by atoms with Crippen LogP contribution in [0.25, 0.3) is 0 Å². The number of hydrogen-bond acceptors (Lipinski definition) is 4. The number of halogens is 1. The van der Waals surface area contributed by atoms with Gasteiger partial charge in [-0.05, 0) is 17.7 Å². The molecule has 1 aliphatic heterocycles. The minimum atomic E-state index is 0.752. The van der Waals surface area contributed by atoms with Crippen molar-refractivity contribution in [3.63, 3.8) is 0 Å². The van der Waals surface area contributed by atoms with E-state index in [1.165, 1.54) is 11.1 Å². The molecule has 0 saturated heterocycles. The normalized spacial score (nSPS) is 13.1. The maximum Gasteiger partial charge on any atom is 0.127 e. The third-order valence-corrected chi connectivity index (χ3v) is 3.54.